The normalized spacial score (nSPS) is 17.6. The van der Waals surface area contributed by atoms with Crippen LogP contribution in [0.3, 0.4) is 0 Å². The Hall–Kier alpha value is -1.91. The van der Waals surface area contributed by atoms with Crippen molar-refractivity contribution >= 4 is 17.3 Å². The number of hydrogen-bond donors (Lipinski definition) is 1. The van der Waals surface area contributed by atoms with Crippen LogP contribution >= 0.6 is 0 Å². The molecule has 0 saturated heterocycles. The standard InChI is InChI=1S/C17H26N2O3/c1-6-13(16(20)21-11(2)3)19-10-17(4,5)22-15-9-12(18)7-8-14(15)19/h7-9,11,13H,6,10,18H2,1-5H3. The van der Waals surface area contributed by atoms with Crippen LogP contribution in [0.1, 0.15) is 41.0 Å². The zero-order chi connectivity index (χ0) is 16.5. The van der Waals surface area contributed by atoms with E-state index in [1.54, 1.807) is 0 Å². The van der Waals surface area contributed by atoms with Crippen molar-refractivity contribution in [1.82, 2.24) is 0 Å². The molecule has 0 aliphatic carbocycles. The third-order valence-corrected chi connectivity index (χ3v) is 3.62. The number of nitrogens with zero attached hydrogens (tertiary/aromatic N) is 1. The van der Waals surface area contributed by atoms with Gasteiger partial charge in [0.1, 0.15) is 17.4 Å². The summed E-state index contributed by atoms with van der Waals surface area (Å²) in [5, 5.41) is 0. The van der Waals surface area contributed by atoms with Gasteiger partial charge in [-0.1, -0.05) is 6.92 Å². The minimum atomic E-state index is -0.397. The third kappa shape index (κ3) is 3.46. The van der Waals surface area contributed by atoms with E-state index >= 15 is 0 Å². The predicted octanol–water partition coefficient (Wildman–Crippen LogP) is 2.98. The molecule has 2 N–H and O–H groups in total. The first-order valence-corrected chi connectivity index (χ1v) is 7.79. The molecule has 1 aliphatic rings. The maximum Gasteiger partial charge on any atom is 0.329 e. The molecule has 0 saturated carbocycles. The maximum atomic E-state index is 12.4. The Kier molecular flexibility index (Phi) is 4.54. The summed E-state index contributed by atoms with van der Waals surface area (Å²) in [6.45, 7) is 10.4. The molecule has 1 atom stereocenters. The Morgan fingerprint density at radius 3 is 2.73 bits per heavy atom. The molecule has 0 spiro atoms. The van der Waals surface area contributed by atoms with Crippen molar-refractivity contribution in [2.24, 2.45) is 0 Å². The van der Waals surface area contributed by atoms with E-state index in [-0.39, 0.29) is 18.1 Å². The largest absolute Gasteiger partial charge is 0.484 e. The fourth-order valence-electron chi connectivity index (χ4n) is 2.78. The number of carbonyl (C=O) groups excluding carboxylic acids is 1. The highest BCUT2D eigenvalue weighted by Gasteiger charge is 2.38. The highest BCUT2D eigenvalue weighted by molar-refractivity contribution is 5.82. The fourth-order valence-corrected chi connectivity index (χ4v) is 2.78. The Labute approximate surface area is 132 Å². The highest BCUT2D eigenvalue weighted by Crippen LogP contribution is 2.39. The lowest BCUT2D eigenvalue weighted by Gasteiger charge is -2.43. The van der Waals surface area contributed by atoms with E-state index in [1.165, 1.54) is 0 Å². The van der Waals surface area contributed by atoms with Crippen LogP contribution in [0.2, 0.25) is 0 Å². The number of ether oxygens (including phenoxy) is 2. The summed E-state index contributed by atoms with van der Waals surface area (Å²) >= 11 is 0. The molecule has 1 aromatic rings. The summed E-state index contributed by atoms with van der Waals surface area (Å²) in [4.78, 5) is 14.5. The number of esters is 1. The number of nitrogens with two attached hydrogens (primary N) is 1. The summed E-state index contributed by atoms with van der Waals surface area (Å²) < 4.78 is 11.4. The second-order valence-corrected chi connectivity index (χ2v) is 6.63. The summed E-state index contributed by atoms with van der Waals surface area (Å²) in [6.07, 6.45) is 0.548. The van der Waals surface area contributed by atoms with Gasteiger partial charge in [0.05, 0.1) is 18.3 Å². The predicted molar refractivity (Wildman–Crippen MR) is 88.2 cm³/mol. The molecule has 5 heteroatoms. The van der Waals surface area contributed by atoms with Crippen LogP contribution < -0.4 is 15.4 Å². The van der Waals surface area contributed by atoms with E-state index in [0.717, 1.165) is 5.69 Å². The first kappa shape index (κ1) is 16.5. The molecule has 1 heterocycles. The van der Waals surface area contributed by atoms with Gasteiger partial charge in [-0.2, -0.15) is 0 Å². The Morgan fingerprint density at radius 1 is 1.45 bits per heavy atom. The average Bonchev–Trinajstić information content (AvgIpc) is 2.36. The molecular formula is C17H26N2O3. The van der Waals surface area contributed by atoms with Crippen molar-refractivity contribution in [2.45, 2.75) is 58.8 Å². The van der Waals surface area contributed by atoms with Gasteiger partial charge in [0.25, 0.3) is 0 Å². The van der Waals surface area contributed by atoms with Crippen LogP contribution in [0, 0.1) is 0 Å². The van der Waals surface area contributed by atoms with Gasteiger partial charge in [0.2, 0.25) is 0 Å². The van der Waals surface area contributed by atoms with Crippen LogP contribution in [0.15, 0.2) is 18.2 Å². The van der Waals surface area contributed by atoms with Gasteiger partial charge in [-0.05, 0) is 46.2 Å². The van der Waals surface area contributed by atoms with Gasteiger partial charge >= 0.3 is 5.97 Å². The van der Waals surface area contributed by atoms with Gasteiger partial charge in [-0.3, -0.25) is 0 Å². The molecule has 0 amide bonds. The van der Waals surface area contributed by atoms with E-state index in [1.807, 2.05) is 52.8 Å². The lowest BCUT2D eigenvalue weighted by atomic mass is 10.0. The molecule has 122 valence electrons. The molecule has 1 aromatic carbocycles. The number of carbonyl (C=O) groups is 1. The minimum absolute atomic E-state index is 0.124. The lowest BCUT2D eigenvalue weighted by Crippen LogP contribution is -2.53. The summed E-state index contributed by atoms with van der Waals surface area (Å²) in [5.41, 5.74) is 7.00. The second kappa shape index (κ2) is 6.07. The zero-order valence-corrected chi connectivity index (χ0v) is 14.1. The molecule has 0 fully saturated rings. The topological polar surface area (TPSA) is 64.8 Å². The summed E-state index contributed by atoms with van der Waals surface area (Å²) in [5.74, 6) is 0.519. The summed E-state index contributed by atoms with van der Waals surface area (Å²) in [6, 6.07) is 5.22. The number of fused-ring (bicyclic) bond motifs is 1. The fraction of sp³-hybridized carbons (Fsp3) is 0.588. The van der Waals surface area contributed by atoms with E-state index in [9.17, 15) is 4.79 Å². The smallest absolute Gasteiger partial charge is 0.329 e. The number of anilines is 2. The molecule has 0 radical (unpaired) electrons. The van der Waals surface area contributed by atoms with Crippen LogP contribution in [0.25, 0.3) is 0 Å². The number of hydrogen-bond acceptors (Lipinski definition) is 5. The quantitative estimate of drug-likeness (QED) is 0.684. The van der Waals surface area contributed by atoms with E-state index in [4.69, 9.17) is 15.2 Å². The van der Waals surface area contributed by atoms with E-state index < -0.39 is 5.60 Å². The number of rotatable bonds is 4. The van der Waals surface area contributed by atoms with Crippen molar-refractivity contribution in [1.29, 1.82) is 0 Å². The Morgan fingerprint density at radius 2 is 2.14 bits per heavy atom. The van der Waals surface area contributed by atoms with Crippen molar-refractivity contribution in [3.63, 3.8) is 0 Å². The monoisotopic (exact) mass is 306 g/mol. The van der Waals surface area contributed by atoms with Gasteiger partial charge in [-0.15, -0.1) is 0 Å². The number of benzene rings is 1. The van der Waals surface area contributed by atoms with Gasteiger partial charge in [-0.25, -0.2) is 4.79 Å². The lowest BCUT2D eigenvalue weighted by molar-refractivity contribution is -0.149. The maximum absolute atomic E-state index is 12.4. The van der Waals surface area contributed by atoms with Crippen molar-refractivity contribution in [3.8, 4) is 5.75 Å². The van der Waals surface area contributed by atoms with Gasteiger partial charge in [0.15, 0.2) is 0 Å². The molecule has 2 rings (SSSR count). The van der Waals surface area contributed by atoms with Gasteiger partial charge < -0.3 is 20.1 Å². The molecule has 0 bridgehead atoms. The Balaban J connectivity index is 2.38. The Bertz CT molecular complexity index is 555. The molecule has 22 heavy (non-hydrogen) atoms. The van der Waals surface area contributed by atoms with Crippen LogP contribution in [0.5, 0.6) is 5.75 Å². The minimum Gasteiger partial charge on any atom is -0.484 e. The average molecular weight is 306 g/mol. The van der Waals surface area contributed by atoms with Crippen LogP contribution in [-0.4, -0.2) is 30.3 Å². The van der Waals surface area contributed by atoms with Crippen molar-refractivity contribution < 1.29 is 14.3 Å². The molecule has 1 unspecified atom stereocenters. The van der Waals surface area contributed by atoms with Crippen molar-refractivity contribution in [2.75, 3.05) is 17.2 Å². The zero-order valence-electron chi connectivity index (χ0n) is 14.1. The SMILES string of the molecule is CCC(C(=O)OC(C)C)N1CC(C)(C)Oc2cc(N)ccc21. The molecule has 5 nitrogen and oxygen atoms in total. The van der Waals surface area contributed by atoms with Crippen LogP contribution in [0.4, 0.5) is 11.4 Å². The highest BCUT2D eigenvalue weighted by atomic mass is 16.5. The number of nitrogen functional groups attached to an aromatic ring is 1. The van der Waals surface area contributed by atoms with E-state index in [0.29, 0.717) is 24.4 Å². The van der Waals surface area contributed by atoms with Crippen molar-refractivity contribution in [3.05, 3.63) is 18.2 Å². The summed E-state index contributed by atoms with van der Waals surface area (Å²) in [7, 11) is 0. The third-order valence-electron chi connectivity index (χ3n) is 3.62. The van der Waals surface area contributed by atoms with Crippen LogP contribution in [-0.2, 0) is 9.53 Å². The van der Waals surface area contributed by atoms with E-state index in [2.05, 4.69) is 4.90 Å². The molecule has 1 aliphatic heterocycles. The molecule has 0 aromatic heterocycles. The first-order chi connectivity index (χ1) is 10.2. The van der Waals surface area contributed by atoms with Gasteiger partial charge in [0, 0.05) is 11.8 Å². The first-order valence-electron chi connectivity index (χ1n) is 7.79. The molecular weight excluding hydrogens is 280 g/mol. The second-order valence-electron chi connectivity index (χ2n) is 6.63.